The number of aliphatic hydroxyl groups excluding tert-OH is 1. The number of ether oxygens (including phenoxy) is 1. The molecule has 1 aliphatic heterocycles. The van der Waals surface area contributed by atoms with Gasteiger partial charge in [0.15, 0.2) is 0 Å². The lowest BCUT2D eigenvalue weighted by Crippen LogP contribution is -2.51. The minimum absolute atomic E-state index is 0.279. The molecule has 0 fully saturated rings. The standard InChI is InChI=1S/C20H22N2O4/c1-26-17-8-4-7-15(11-17)19(24)21-18(13-23)20(25)22-10-9-14-5-2-3-6-16(14)12-22/h2-8,11,18,23H,9-10,12-13H2,1H3,(H,21,24). The van der Waals surface area contributed by atoms with Crippen molar-refractivity contribution in [1.82, 2.24) is 10.2 Å². The smallest absolute Gasteiger partial charge is 0.252 e. The summed E-state index contributed by atoms with van der Waals surface area (Å²) in [7, 11) is 1.52. The van der Waals surface area contributed by atoms with E-state index in [9.17, 15) is 14.7 Å². The Kier molecular flexibility index (Phi) is 5.53. The van der Waals surface area contributed by atoms with Gasteiger partial charge < -0.3 is 20.1 Å². The number of hydrogen-bond donors (Lipinski definition) is 2. The van der Waals surface area contributed by atoms with Crippen molar-refractivity contribution in [3.8, 4) is 5.75 Å². The van der Waals surface area contributed by atoms with Gasteiger partial charge in [-0.1, -0.05) is 30.3 Å². The number of carbonyl (C=O) groups is 2. The van der Waals surface area contributed by atoms with Gasteiger partial charge in [0.25, 0.3) is 5.91 Å². The van der Waals surface area contributed by atoms with Crippen molar-refractivity contribution in [3.63, 3.8) is 0 Å². The molecule has 0 spiro atoms. The lowest BCUT2D eigenvalue weighted by atomic mass is 9.99. The Morgan fingerprint density at radius 2 is 1.96 bits per heavy atom. The molecule has 2 aromatic carbocycles. The van der Waals surface area contributed by atoms with E-state index in [1.807, 2.05) is 18.2 Å². The highest BCUT2D eigenvalue weighted by Crippen LogP contribution is 2.19. The fourth-order valence-corrected chi connectivity index (χ4v) is 3.10. The van der Waals surface area contributed by atoms with Crippen molar-refractivity contribution in [3.05, 3.63) is 65.2 Å². The predicted octanol–water partition coefficient (Wildman–Crippen LogP) is 1.37. The number of methoxy groups -OCH3 is 1. The van der Waals surface area contributed by atoms with Crippen LogP contribution in [0.1, 0.15) is 21.5 Å². The number of amides is 2. The molecule has 2 amide bonds. The first kappa shape index (κ1) is 17.9. The minimum atomic E-state index is -0.973. The summed E-state index contributed by atoms with van der Waals surface area (Å²) in [6, 6.07) is 13.7. The van der Waals surface area contributed by atoms with Crippen molar-refractivity contribution in [1.29, 1.82) is 0 Å². The molecule has 1 atom stereocenters. The molecule has 2 aromatic rings. The number of nitrogens with zero attached hydrogens (tertiary/aromatic N) is 1. The zero-order valence-electron chi connectivity index (χ0n) is 14.6. The van der Waals surface area contributed by atoms with Crippen LogP contribution in [0.15, 0.2) is 48.5 Å². The first-order valence-electron chi connectivity index (χ1n) is 8.53. The van der Waals surface area contributed by atoms with E-state index in [-0.39, 0.29) is 5.91 Å². The van der Waals surface area contributed by atoms with Crippen LogP contribution in [0, 0.1) is 0 Å². The first-order valence-corrected chi connectivity index (χ1v) is 8.53. The number of benzene rings is 2. The van der Waals surface area contributed by atoms with Gasteiger partial charge in [0, 0.05) is 18.7 Å². The molecule has 3 rings (SSSR count). The maximum atomic E-state index is 12.8. The molecular formula is C20H22N2O4. The molecule has 0 saturated heterocycles. The highest BCUT2D eigenvalue weighted by molar-refractivity contribution is 5.97. The fraction of sp³-hybridized carbons (Fsp3) is 0.300. The second kappa shape index (κ2) is 8.01. The second-order valence-corrected chi connectivity index (χ2v) is 6.22. The van der Waals surface area contributed by atoms with Crippen LogP contribution in [0.3, 0.4) is 0 Å². The predicted molar refractivity (Wildman–Crippen MR) is 96.9 cm³/mol. The number of fused-ring (bicyclic) bond motifs is 1. The van der Waals surface area contributed by atoms with E-state index in [2.05, 4.69) is 11.4 Å². The van der Waals surface area contributed by atoms with E-state index in [0.717, 1.165) is 12.0 Å². The second-order valence-electron chi connectivity index (χ2n) is 6.22. The lowest BCUT2D eigenvalue weighted by molar-refractivity contribution is -0.135. The van der Waals surface area contributed by atoms with E-state index < -0.39 is 18.6 Å². The van der Waals surface area contributed by atoms with Crippen LogP contribution >= 0.6 is 0 Å². The average Bonchev–Trinajstić information content (AvgIpc) is 2.71. The first-order chi connectivity index (χ1) is 12.6. The zero-order valence-corrected chi connectivity index (χ0v) is 14.6. The molecule has 0 aliphatic carbocycles. The fourth-order valence-electron chi connectivity index (χ4n) is 3.10. The molecule has 1 aliphatic rings. The van der Waals surface area contributed by atoms with Crippen LogP contribution in [0.2, 0.25) is 0 Å². The monoisotopic (exact) mass is 354 g/mol. The zero-order chi connectivity index (χ0) is 18.5. The van der Waals surface area contributed by atoms with Crippen molar-refractivity contribution >= 4 is 11.8 Å². The molecule has 0 aromatic heterocycles. The quantitative estimate of drug-likeness (QED) is 0.850. The van der Waals surface area contributed by atoms with Gasteiger partial charge in [-0.3, -0.25) is 9.59 Å². The third kappa shape index (κ3) is 3.86. The van der Waals surface area contributed by atoms with Gasteiger partial charge in [-0.15, -0.1) is 0 Å². The Hall–Kier alpha value is -2.86. The van der Waals surface area contributed by atoms with Crippen LogP contribution in [0.5, 0.6) is 5.75 Å². The van der Waals surface area contributed by atoms with Crippen LogP contribution < -0.4 is 10.1 Å². The summed E-state index contributed by atoms with van der Waals surface area (Å²) in [4.78, 5) is 26.9. The van der Waals surface area contributed by atoms with E-state index >= 15 is 0 Å². The van der Waals surface area contributed by atoms with Crippen molar-refractivity contribution in [2.45, 2.75) is 19.0 Å². The Morgan fingerprint density at radius 3 is 2.69 bits per heavy atom. The summed E-state index contributed by atoms with van der Waals surface area (Å²) in [6.07, 6.45) is 0.768. The van der Waals surface area contributed by atoms with Gasteiger partial charge in [-0.2, -0.15) is 0 Å². The van der Waals surface area contributed by atoms with Crippen molar-refractivity contribution in [2.24, 2.45) is 0 Å². The third-order valence-electron chi connectivity index (χ3n) is 4.56. The summed E-state index contributed by atoms with van der Waals surface area (Å²) in [6.45, 7) is 0.606. The molecule has 6 nitrogen and oxygen atoms in total. The summed E-state index contributed by atoms with van der Waals surface area (Å²) < 4.78 is 5.11. The van der Waals surface area contributed by atoms with Crippen LogP contribution in [-0.4, -0.2) is 48.1 Å². The van der Waals surface area contributed by atoms with Gasteiger partial charge in [0.2, 0.25) is 5.91 Å². The Bertz CT molecular complexity index is 806. The number of rotatable bonds is 5. The summed E-state index contributed by atoms with van der Waals surface area (Å²) in [5, 5.41) is 12.3. The summed E-state index contributed by atoms with van der Waals surface area (Å²) in [5.41, 5.74) is 2.71. The third-order valence-corrected chi connectivity index (χ3v) is 4.56. The average molecular weight is 354 g/mol. The number of nitrogens with one attached hydrogen (secondary N) is 1. The molecule has 1 unspecified atom stereocenters. The maximum Gasteiger partial charge on any atom is 0.252 e. The van der Waals surface area contributed by atoms with Gasteiger partial charge in [0.05, 0.1) is 13.7 Å². The summed E-state index contributed by atoms with van der Waals surface area (Å²) in [5.74, 6) is -0.149. The highest BCUT2D eigenvalue weighted by Gasteiger charge is 2.28. The van der Waals surface area contributed by atoms with Crippen LogP contribution in [0.25, 0.3) is 0 Å². The van der Waals surface area contributed by atoms with E-state index in [4.69, 9.17) is 4.74 Å². The molecule has 26 heavy (non-hydrogen) atoms. The molecular weight excluding hydrogens is 332 g/mol. The van der Waals surface area contributed by atoms with Crippen molar-refractivity contribution in [2.75, 3.05) is 20.3 Å². The molecule has 2 N–H and O–H groups in total. The molecule has 0 saturated carbocycles. The van der Waals surface area contributed by atoms with Crippen molar-refractivity contribution < 1.29 is 19.4 Å². The van der Waals surface area contributed by atoms with Crippen LogP contribution in [0.4, 0.5) is 0 Å². The number of hydrogen-bond acceptors (Lipinski definition) is 4. The Balaban J connectivity index is 1.68. The topological polar surface area (TPSA) is 78.9 Å². The Morgan fingerprint density at radius 1 is 1.19 bits per heavy atom. The van der Waals surface area contributed by atoms with E-state index in [1.165, 1.54) is 12.7 Å². The Labute approximate surface area is 152 Å². The summed E-state index contributed by atoms with van der Waals surface area (Å²) >= 11 is 0. The molecule has 136 valence electrons. The van der Waals surface area contributed by atoms with E-state index in [0.29, 0.717) is 24.4 Å². The SMILES string of the molecule is COc1cccc(C(=O)NC(CO)C(=O)N2CCc3ccccc3C2)c1. The highest BCUT2D eigenvalue weighted by atomic mass is 16.5. The largest absolute Gasteiger partial charge is 0.497 e. The molecule has 1 heterocycles. The van der Waals surface area contributed by atoms with Gasteiger partial charge in [0.1, 0.15) is 11.8 Å². The van der Waals surface area contributed by atoms with Gasteiger partial charge >= 0.3 is 0 Å². The van der Waals surface area contributed by atoms with Gasteiger partial charge in [-0.25, -0.2) is 0 Å². The van der Waals surface area contributed by atoms with Crippen LogP contribution in [-0.2, 0) is 17.8 Å². The molecule has 0 bridgehead atoms. The number of aliphatic hydroxyl groups is 1. The van der Waals surface area contributed by atoms with Gasteiger partial charge in [-0.05, 0) is 35.7 Å². The minimum Gasteiger partial charge on any atom is -0.497 e. The number of carbonyl (C=O) groups excluding carboxylic acids is 2. The molecule has 0 radical (unpaired) electrons. The lowest BCUT2D eigenvalue weighted by Gasteiger charge is -2.31. The maximum absolute atomic E-state index is 12.8. The normalized spacial score (nSPS) is 14.3. The van der Waals surface area contributed by atoms with E-state index in [1.54, 1.807) is 29.2 Å². The molecule has 6 heteroatoms.